The molecule has 1 fully saturated rings. The van der Waals surface area contributed by atoms with Gasteiger partial charge >= 0.3 is 0 Å². The van der Waals surface area contributed by atoms with Crippen molar-refractivity contribution in [3.05, 3.63) is 82.1 Å². The zero-order chi connectivity index (χ0) is 18.0. The Bertz CT molecular complexity index is 945. The number of aliphatic hydroxyl groups is 1. The zero-order valence-corrected chi connectivity index (χ0v) is 14.7. The molecule has 0 saturated heterocycles. The average molecular weight is 348 g/mol. The topological polar surface area (TPSA) is 65.1 Å². The van der Waals surface area contributed by atoms with Crippen molar-refractivity contribution >= 4 is 10.9 Å². The van der Waals surface area contributed by atoms with E-state index in [1.807, 2.05) is 18.2 Å². The van der Waals surface area contributed by atoms with Crippen molar-refractivity contribution in [1.29, 1.82) is 0 Å². The van der Waals surface area contributed by atoms with Crippen LogP contribution in [0.2, 0.25) is 0 Å². The second-order valence-electron chi connectivity index (χ2n) is 7.44. The average Bonchev–Trinajstić information content (AvgIpc) is 3.41. The van der Waals surface area contributed by atoms with E-state index in [9.17, 15) is 9.90 Å². The Hall–Kier alpha value is -2.43. The Labute approximate surface area is 152 Å². The molecule has 4 rings (SSSR count). The molecule has 0 bridgehead atoms. The van der Waals surface area contributed by atoms with Gasteiger partial charge in [-0.3, -0.25) is 4.79 Å². The van der Waals surface area contributed by atoms with Gasteiger partial charge in [-0.1, -0.05) is 42.5 Å². The first kappa shape index (κ1) is 17.0. The molecular weight excluding hydrogens is 324 g/mol. The SMILES string of the molecule is O=c1ccc2c(C(O)CNCC3(Cc4ccccc4)CC3)cccc2[nH]1. The molecule has 4 nitrogen and oxygen atoms in total. The molecule has 0 radical (unpaired) electrons. The summed E-state index contributed by atoms with van der Waals surface area (Å²) in [5.41, 5.74) is 3.20. The molecule has 0 aliphatic heterocycles. The van der Waals surface area contributed by atoms with E-state index in [0.717, 1.165) is 29.4 Å². The van der Waals surface area contributed by atoms with E-state index < -0.39 is 6.10 Å². The largest absolute Gasteiger partial charge is 0.387 e. The highest BCUT2D eigenvalue weighted by Gasteiger charge is 2.41. The smallest absolute Gasteiger partial charge is 0.248 e. The van der Waals surface area contributed by atoms with Gasteiger partial charge in [0.25, 0.3) is 0 Å². The van der Waals surface area contributed by atoms with Gasteiger partial charge in [0, 0.05) is 30.1 Å². The van der Waals surface area contributed by atoms with Crippen molar-refractivity contribution in [1.82, 2.24) is 10.3 Å². The van der Waals surface area contributed by atoms with Gasteiger partial charge in [0.15, 0.2) is 0 Å². The van der Waals surface area contributed by atoms with Crippen molar-refractivity contribution in [2.24, 2.45) is 5.41 Å². The lowest BCUT2D eigenvalue weighted by atomic mass is 9.96. The molecule has 1 heterocycles. The molecule has 134 valence electrons. The summed E-state index contributed by atoms with van der Waals surface area (Å²) in [6.07, 6.45) is 2.96. The van der Waals surface area contributed by atoms with Crippen LogP contribution >= 0.6 is 0 Å². The summed E-state index contributed by atoms with van der Waals surface area (Å²) < 4.78 is 0. The standard InChI is InChI=1S/C22H24N2O2/c25-20(18-7-4-8-19-17(18)9-10-21(26)24-19)14-23-15-22(11-12-22)13-16-5-2-1-3-6-16/h1-10,20,23,25H,11-15H2,(H,24,26). The van der Waals surface area contributed by atoms with E-state index in [1.165, 1.54) is 24.5 Å². The highest BCUT2D eigenvalue weighted by molar-refractivity contribution is 5.82. The molecule has 2 aromatic carbocycles. The number of hydrogen-bond acceptors (Lipinski definition) is 3. The lowest BCUT2D eigenvalue weighted by molar-refractivity contribution is 0.173. The molecule has 4 heteroatoms. The summed E-state index contributed by atoms with van der Waals surface area (Å²) in [6, 6.07) is 19.5. The van der Waals surface area contributed by atoms with Gasteiger partial charge in [-0.05, 0) is 47.9 Å². The fourth-order valence-corrected chi connectivity index (χ4v) is 3.71. The summed E-state index contributed by atoms with van der Waals surface area (Å²) in [4.78, 5) is 14.3. The van der Waals surface area contributed by atoms with Gasteiger partial charge in [0.1, 0.15) is 0 Å². The minimum atomic E-state index is -0.600. The number of hydrogen-bond donors (Lipinski definition) is 3. The minimum Gasteiger partial charge on any atom is -0.387 e. The van der Waals surface area contributed by atoms with Crippen LogP contribution in [0.25, 0.3) is 10.9 Å². The van der Waals surface area contributed by atoms with Gasteiger partial charge < -0.3 is 15.4 Å². The van der Waals surface area contributed by atoms with Crippen molar-refractivity contribution < 1.29 is 5.11 Å². The Morgan fingerprint density at radius 2 is 1.85 bits per heavy atom. The third-order valence-corrected chi connectivity index (χ3v) is 5.37. The Morgan fingerprint density at radius 3 is 2.62 bits per heavy atom. The maximum atomic E-state index is 11.5. The lowest BCUT2D eigenvalue weighted by Gasteiger charge is -2.19. The molecule has 1 unspecified atom stereocenters. The molecule has 1 aromatic heterocycles. The molecule has 1 saturated carbocycles. The van der Waals surface area contributed by atoms with Gasteiger partial charge in [0.05, 0.1) is 6.10 Å². The number of H-pyrrole nitrogens is 1. The van der Waals surface area contributed by atoms with E-state index in [1.54, 1.807) is 6.07 Å². The maximum absolute atomic E-state index is 11.5. The summed E-state index contributed by atoms with van der Waals surface area (Å²) in [6.45, 7) is 1.43. The van der Waals surface area contributed by atoms with Crippen LogP contribution in [0.5, 0.6) is 0 Å². The van der Waals surface area contributed by atoms with Crippen molar-refractivity contribution in [3.63, 3.8) is 0 Å². The van der Waals surface area contributed by atoms with Crippen LogP contribution in [0.1, 0.15) is 30.1 Å². The molecule has 0 amide bonds. The minimum absolute atomic E-state index is 0.126. The van der Waals surface area contributed by atoms with Crippen LogP contribution in [0.15, 0.2) is 65.5 Å². The predicted molar refractivity (Wildman–Crippen MR) is 104 cm³/mol. The van der Waals surface area contributed by atoms with E-state index in [-0.39, 0.29) is 5.56 Å². The van der Waals surface area contributed by atoms with E-state index in [0.29, 0.717) is 12.0 Å². The van der Waals surface area contributed by atoms with Crippen LogP contribution in [-0.2, 0) is 6.42 Å². The highest BCUT2D eigenvalue weighted by atomic mass is 16.3. The molecule has 1 aliphatic carbocycles. The molecule has 26 heavy (non-hydrogen) atoms. The molecule has 3 N–H and O–H groups in total. The Balaban J connectivity index is 1.39. The first-order valence-electron chi connectivity index (χ1n) is 9.20. The van der Waals surface area contributed by atoms with Gasteiger partial charge in [-0.15, -0.1) is 0 Å². The van der Waals surface area contributed by atoms with E-state index >= 15 is 0 Å². The molecule has 1 atom stereocenters. The number of rotatable bonds is 7. The number of aromatic nitrogens is 1. The van der Waals surface area contributed by atoms with Crippen molar-refractivity contribution in [2.75, 3.05) is 13.1 Å². The monoisotopic (exact) mass is 348 g/mol. The third kappa shape index (κ3) is 3.71. The van der Waals surface area contributed by atoms with E-state index in [2.05, 4.69) is 40.6 Å². The second-order valence-corrected chi connectivity index (χ2v) is 7.44. The predicted octanol–water partition coefficient (Wildman–Crippen LogP) is 3.17. The van der Waals surface area contributed by atoms with Crippen molar-refractivity contribution in [2.45, 2.75) is 25.4 Å². The summed E-state index contributed by atoms with van der Waals surface area (Å²) >= 11 is 0. The molecule has 0 spiro atoms. The van der Waals surface area contributed by atoms with E-state index in [4.69, 9.17) is 0 Å². The van der Waals surface area contributed by atoms with Crippen LogP contribution in [-0.4, -0.2) is 23.2 Å². The van der Waals surface area contributed by atoms with Crippen LogP contribution in [0.3, 0.4) is 0 Å². The fraction of sp³-hybridized carbons (Fsp3) is 0.318. The Morgan fingerprint density at radius 1 is 1.04 bits per heavy atom. The number of benzene rings is 2. The summed E-state index contributed by atoms with van der Waals surface area (Å²) in [7, 11) is 0. The normalized spacial score (nSPS) is 16.5. The highest BCUT2D eigenvalue weighted by Crippen LogP contribution is 2.47. The zero-order valence-electron chi connectivity index (χ0n) is 14.7. The first-order valence-corrected chi connectivity index (χ1v) is 9.20. The van der Waals surface area contributed by atoms with Gasteiger partial charge in [0.2, 0.25) is 5.56 Å². The fourth-order valence-electron chi connectivity index (χ4n) is 3.71. The second kappa shape index (κ2) is 7.06. The molecular formula is C22H24N2O2. The molecule has 1 aliphatic rings. The number of nitrogens with one attached hydrogen (secondary N) is 2. The molecule has 3 aromatic rings. The van der Waals surface area contributed by atoms with Crippen LogP contribution < -0.4 is 10.9 Å². The van der Waals surface area contributed by atoms with Crippen LogP contribution in [0.4, 0.5) is 0 Å². The maximum Gasteiger partial charge on any atom is 0.248 e. The summed E-state index contributed by atoms with van der Waals surface area (Å²) in [5.74, 6) is 0. The quantitative estimate of drug-likeness (QED) is 0.614. The van der Waals surface area contributed by atoms with Gasteiger partial charge in [-0.25, -0.2) is 0 Å². The first-order chi connectivity index (χ1) is 12.7. The summed E-state index contributed by atoms with van der Waals surface area (Å²) in [5, 5.41) is 15.0. The third-order valence-electron chi connectivity index (χ3n) is 5.37. The number of pyridine rings is 1. The Kier molecular flexibility index (Phi) is 4.62. The number of aliphatic hydroxyl groups excluding tert-OH is 1. The number of fused-ring (bicyclic) bond motifs is 1. The van der Waals surface area contributed by atoms with Gasteiger partial charge in [-0.2, -0.15) is 0 Å². The lowest BCUT2D eigenvalue weighted by Crippen LogP contribution is -2.29. The van der Waals surface area contributed by atoms with Crippen molar-refractivity contribution in [3.8, 4) is 0 Å². The van der Waals surface area contributed by atoms with Crippen LogP contribution in [0, 0.1) is 5.41 Å². The number of aromatic amines is 1.